The standard InChI is InChI=1S/C7H12N2O4/c1-5-3-9(8-12)4-6(13-5)2-7(10)11/h5-6H,2-4H2,1H3,(H,10,11). The fraction of sp³-hybridized carbons (Fsp3) is 0.857. The molecule has 1 heterocycles. The summed E-state index contributed by atoms with van der Waals surface area (Å²) < 4.78 is 5.31. The predicted molar refractivity (Wildman–Crippen MR) is 44.0 cm³/mol. The molecule has 0 aliphatic carbocycles. The molecule has 2 unspecified atom stereocenters. The summed E-state index contributed by atoms with van der Waals surface area (Å²) in [4.78, 5) is 20.6. The van der Waals surface area contributed by atoms with Crippen molar-refractivity contribution in [3.8, 4) is 0 Å². The normalized spacial score (nSPS) is 28.5. The molecule has 6 heteroatoms. The number of morpholine rings is 1. The zero-order valence-electron chi connectivity index (χ0n) is 7.34. The molecule has 0 aromatic rings. The Bertz CT molecular complexity index is 209. The first-order valence-corrected chi connectivity index (χ1v) is 4.07. The first kappa shape index (κ1) is 9.91. The van der Waals surface area contributed by atoms with Gasteiger partial charge in [-0.3, -0.25) is 9.80 Å². The van der Waals surface area contributed by atoms with Crippen LogP contribution in [0.1, 0.15) is 13.3 Å². The molecular weight excluding hydrogens is 176 g/mol. The molecule has 13 heavy (non-hydrogen) atoms. The lowest BCUT2D eigenvalue weighted by molar-refractivity contribution is -0.145. The molecular formula is C7H12N2O4. The molecule has 1 N–H and O–H groups in total. The van der Waals surface area contributed by atoms with E-state index in [9.17, 15) is 9.70 Å². The molecule has 0 bridgehead atoms. The van der Waals surface area contributed by atoms with E-state index in [4.69, 9.17) is 9.84 Å². The summed E-state index contributed by atoms with van der Waals surface area (Å²) in [5, 5.41) is 12.6. The van der Waals surface area contributed by atoms with Crippen molar-refractivity contribution in [2.24, 2.45) is 5.29 Å². The number of ether oxygens (including phenoxy) is 1. The Balaban J connectivity index is 2.46. The highest BCUT2D eigenvalue weighted by molar-refractivity contribution is 5.67. The molecule has 1 aliphatic heterocycles. The van der Waals surface area contributed by atoms with Crippen molar-refractivity contribution in [2.75, 3.05) is 13.1 Å². The molecule has 0 amide bonds. The minimum absolute atomic E-state index is 0.0869. The van der Waals surface area contributed by atoms with Crippen LogP contribution in [0, 0.1) is 4.91 Å². The molecule has 1 aliphatic rings. The number of carboxylic acid groups (broad SMARTS) is 1. The van der Waals surface area contributed by atoms with Crippen LogP contribution >= 0.6 is 0 Å². The Morgan fingerprint density at radius 3 is 2.92 bits per heavy atom. The minimum atomic E-state index is -0.926. The highest BCUT2D eigenvalue weighted by Gasteiger charge is 2.26. The van der Waals surface area contributed by atoms with Gasteiger partial charge in [-0.05, 0) is 6.92 Å². The zero-order valence-corrected chi connectivity index (χ0v) is 7.34. The maximum Gasteiger partial charge on any atom is 0.306 e. The highest BCUT2D eigenvalue weighted by atomic mass is 16.5. The largest absolute Gasteiger partial charge is 0.481 e. The number of nitroso groups, excluding NO2 is 1. The third-order valence-corrected chi connectivity index (χ3v) is 1.82. The molecule has 74 valence electrons. The van der Waals surface area contributed by atoms with E-state index < -0.39 is 12.1 Å². The lowest BCUT2D eigenvalue weighted by Gasteiger charge is -2.32. The van der Waals surface area contributed by atoms with Gasteiger partial charge >= 0.3 is 5.97 Å². The van der Waals surface area contributed by atoms with Gasteiger partial charge in [-0.25, -0.2) is 0 Å². The second-order valence-corrected chi connectivity index (χ2v) is 3.12. The topological polar surface area (TPSA) is 79.2 Å². The first-order valence-electron chi connectivity index (χ1n) is 4.07. The van der Waals surface area contributed by atoms with E-state index in [1.54, 1.807) is 6.92 Å². The summed E-state index contributed by atoms with van der Waals surface area (Å²) in [6.07, 6.45) is -0.661. The third-order valence-electron chi connectivity index (χ3n) is 1.82. The van der Waals surface area contributed by atoms with Crippen LogP contribution in [0.5, 0.6) is 0 Å². The summed E-state index contributed by atoms with van der Waals surface area (Å²) in [5.41, 5.74) is 0. The van der Waals surface area contributed by atoms with E-state index in [2.05, 4.69) is 5.29 Å². The lowest BCUT2D eigenvalue weighted by Crippen LogP contribution is -2.44. The van der Waals surface area contributed by atoms with E-state index in [-0.39, 0.29) is 19.1 Å². The first-order chi connectivity index (χ1) is 6.11. The Kier molecular flexibility index (Phi) is 3.18. The average molecular weight is 188 g/mol. The van der Waals surface area contributed by atoms with Crippen molar-refractivity contribution in [3.63, 3.8) is 0 Å². The molecule has 0 aromatic heterocycles. The summed E-state index contributed by atoms with van der Waals surface area (Å²) in [6.45, 7) is 2.48. The van der Waals surface area contributed by atoms with Gasteiger partial charge in [-0.1, -0.05) is 0 Å². The van der Waals surface area contributed by atoms with Gasteiger partial charge in [0.25, 0.3) is 0 Å². The molecule has 0 spiro atoms. The number of hydrogen-bond acceptors (Lipinski definition) is 4. The molecule has 0 aromatic carbocycles. The maximum atomic E-state index is 10.4. The third kappa shape index (κ3) is 2.98. The molecule has 1 saturated heterocycles. The van der Waals surface area contributed by atoms with Crippen LogP contribution in [0.15, 0.2) is 5.29 Å². The van der Waals surface area contributed by atoms with Crippen molar-refractivity contribution in [1.29, 1.82) is 0 Å². The summed E-state index contributed by atoms with van der Waals surface area (Å²) >= 11 is 0. The average Bonchev–Trinajstić information content (AvgIpc) is 2.01. The zero-order chi connectivity index (χ0) is 9.84. The number of rotatable bonds is 3. The summed E-state index contributed by atoms with van der Waals surface area (Å²) in [7, 11) is 0. The SMILES string of the molecule is CC1CN(N=O)CC(CC(=O)O)O1. The second kappa shape index (κ2) is 4.18. The highest BCUT2D eigenvalue weighted by Crippen LogP contribution is 2.13. The molecule has 1 rings (SSSR count). The van der Waals surface area contributed by atoms with E-state index >= 15 is 0 Å². The van der Waals surface area contributed by atoms with Crippen LogP contribution in [0.4, 0.5) is 0 Å². The molecule has 1 fully saturated rings. The molecule has 6 nitrogen and oxygen atoms in total. The fourth-order valence-electron chi connectivity index (χ4n) is 1.40. The predicted octanol–water partition coefficient (Wildman–Crippen LogP) is 0.232. The number of aliphatic carboxylic acids is 1. The van der Waals surface area contributed by atoms with Crippen LogP contribution in [0.25, 0.3) is 0 Å². The molecule has 0 saturated carbocycles. The van der Waals surface area contributed by atoms with Crippen molar-refractivity contribution < 1.29 is 14.6 Å². The van der Waals surface area contributed by atoms with Crippen molar-refractivity contribution in [2.45, 2.75) is 25.6 Å². The van der Waals surface area contributed by atoms with E-state index in [0.717, 1.165) is 0 Å². The van der Waals surface area contributed by atoms with Gasteiger partial charge in [0.1, 0.15) is 0 Å². The Morgan fingerprint density at radius 1 is 1.69 bits per heavy atom. The number of carboxylic acids is 1. The van der Waals surface area contributed by atoms with Gasteiger partial charge in [0.2, 0.25) is 0 Å². The maximum absolute atomic E-state index is 10.4. The van der Waals surface area contributed by atoms with E-state index in [1.807, 2.05) is 0 Å². The second-order valence-electron chi connectivity index (χ2n) is 3.12. The van der Waals surface area contributed by atoms with Gasteiger partial charge in [0.15, 0.2) is 0 Å². The van der Waals surface area contributed by atoms with Crippen LogP contribution in [0.3, 0.4) is 0 Å². The minimum Gasteiger partial charge on any atom is -0.481 e. The Hall–Kier alpha value is -1.17. The van der Waals surface area contributed by atoms with Gasteiger partial charge in [0, 0.05) is 0 Å². The number of carbonyl (C=O) groups is 1. The van der Waals surface area contributed by atoms with Crippen molar-refractivity contribution in [1.82, 2.24) is 5.01 Å². The Morgan fingerprint density at radius 2 is 2.38 bits per heavy atom. The molecule has 0 radical (unpaired) electrons. The number of hydrogen-bond donors (Lipinski definition) is 1. The van der Waals surface area contributed by atoms with E-state index in [1.165, 1.54) is 5.01 Å². The van der Waals surface area contributed by atoms with Gasteiger partial charge < -0.3 is 9.84 Å². The lowest BCUT2D eigenvalue weighted by atomic mass is 10.2. The van der Waals surface area contributed by atoms with Gasteiger partial charge in [-0.2, -0.15) is 0 Å². The van der Waals surface area contributed by atoms with Crippen LogP contribution in [-0.2, 0) is 9.53 Å². The van der Waals surface area contributed by atoms with Gasteiger partial charge in [-0.15, -0.1) is 4.91 Å². The van der Waals surface area contributed by atoms with Gasteiger partial charge in [0.05, 0.1) is 37.0 Å². The van der Waals surface area contributed by atoms with Crippen LogP contribution in [-0.4, -0.2) is 41.4 Å². The van der Waals surface area contributed by atoms with Crippen LogP contribution in [0.2, 0.25) is 0 Å². The van der Waals surface area contributed by atoms with Crippen LogP contribution < -0.4 is 0 Å². The quantitative estimate of drug-likeness (QED) is 0.641. The summed E-state index contributed by atoms with van der Waals surface area (Å²) in [6, 6.07) is 0. The van der Waals surface area contributed by atoms with Crippen molar-refractivity contribution in [3.05, 3.63) is 4.91 Å². The monoisotopic (exact) mass is 188 g/mol. The molecule has 2 atom stereocenters. The fourth-order valence-corrected chi connectivity index (χ4v) is 1.40. The Labute approximate surface area is 75.4 Å². The summed E-state index contributed by atoms with van der Waals surface area (Å²) in [5.74, 6) is -0.926. The van der Waals surface area contributed by atoms with Crippen molar-refractivity contribution >= 4 is 5.97 Å². The van der Waals surface area contributed by atoms with E-state index in [0.29, 0.717) is 6.54 Å². The smallest absolute Gasteiger partial charge is 0.306 e. The number of nitrogens with zero attached hydrogens (tertiary/aromatic N) is 2.